The highest BCUT2D eigenvalue weighted by molar-refractivity contribution is 14.2. The Morgan fingerprint density at radius 2 is 1.86 bits per heavy atom. The largest absolute Gasteiger partial charge is 0.494 e. The van der Waals surface area contributed by atoms with Crippen LogP contribution in [0.2, 0.25) is 0 Å². The van der Waals surface area contributed by atoms with Gasteiger partial charge in [0, 0.05) is 11.1 Å². The van der Waals surface area contributed by atoms with Crippen molar-refractivity contribution in [2.75, 3.05) is 5.73 Å². The van der Waals surface area contributed by atoms with Gasteiger partial charge in [0.05, 0.1) is 29.3 Å². The zero-order valence-corrected chi connectivity index (χ0v) is 15.6. The van der Waals surface area contributed by atoms with Gasteiger partial charge >= 0.3 is 7.12 Å². The number of nitrogens with two attached hydrogens (primary N) is 1. The van der Waals surface area contributed by atoms with Gasteiger partial charge in [-0.15, -0.1) is 0 Å². The summed E-state index contributed by atoms with van der Waals surface area (Å²) in [6.45, 7) is 8.19. The van der Waals surface area contributed by atoms with Gasteiger partial charge in [0.1, 0.15) is 0 Å². The summed E-state index contributed by atoms with van der Waals surface area (Å²) in [5, 5.41) is 5.33. The Hall–Kier alpha value is -0.365. The van der Waals surface area contributed by atoms with E-state index in [1.807, 2.05) is 44.4 Å². The summed E-state index contributed by atoms with van der Waals surface area (Å²) in [5.74, 6) is 0. The number of benzene rings is 1. The van der Waals surface area contributed by atoms with E-state index in [0.717, 1.165) is 16.4 Å². The summed E-state index contributed by atoms with van der Waals surface area (Å²) in [5.41, 5.74) is 8.12. The minimum atomic E-state index is -0.400. The van der Waals surface area contributed by atoms with E-state index in [1.165, 1.54) is 0 Å². The maximum atomic E-state index is 6.16. The topological polar surface area (TPSA) is 62.3 Å². The Morgan fingerprint density at radius 1 is 1.24 bits per heavy atom. The average molecular weight is 417 g/mol. The summed E-state index contributed by atoms with van der Waals surface area (Å²) in [4.78, 5) is 0. The molecule has 1 aromatic heterocycles. The molecule has 1 aromatic carbocycles. The fraction of sp³-hybridized carbons (Fsp3) is 0.462. The number of rotatable bonds is 2. The Kier molecular flexibility index (Phi) is 3.76. The number of hydrogen-bond acceptors (Lipinski definition) is 4. The van der Waals surface area contributed by atoms with Crippen molar-refractivity contribution in [2.45, 2.75) is 38.9 Å². The average Bonchev–Trinajstić information content (AvgIpc) is 2.88. The molecule has 1 aliphatic heterocycles. The van der Waals surface area contributed by atoms with Crippen LogP contribution in [0.4, 0.5) is 5.69 Å². The first-order valence-corrected chi connectivity index (χ1v) is 10.8. The highest BCUT2D eigenvalue weighted by Crippen LogP contribution is 2.37. The van der Waals surface area contributed by atoms with Crippen LogP contribution in [-0.4, -0.2) is 27.9 Å². The summed E-state index contributed by atoms with van der Waals surface area (Å²) in [6.07, 6.45) is 2.34. The summed E-state index contributed by atoms with van der Waals surface area (Å²) >= 11 is 2.31. The van der Waals surface area contributed by atoms with Gasteiger partial charge in [-0.05, 0) is 67.3 Å². The van der Waals surface area contributed by atoms with Crippen molar-refractivity contribution in [1.82, 2.24) is 9.55 Å². The Labute approximate surface area is 139 Å². The van der Waals surface area contributed by atoms with E-state index in [2.05, 4.69) is 33.2 Å². The number of aromatic nitrogens is 2. The number of anilines is 1. The second-order valence-electron chi connectivity index (χ2n) is 6.27. The Morgan fingerprint density at radius 3 is 2.43 bits per heavy atom. The van der Waals surface area contributed by atoms with Gasteiger partial charge < -0.3 is 15.0 Å². The molecule has 1 saturated heterocycles. The molecule has 21 heavy (non-hydrogen) atoms. The standard InChI is InChI=1S/C13H18BIN3O2P/c1-12(2)13(3,4)20-14(19-12)8-5-10(16)9-7-17-18(21-15)11(9)6-8/h5-7,21H,16H2,1-4H3. The van der Waals surface area contributed by atoms with E-state index < -0.39 is 7.12 Å². The van der Waals surface area contributed by atoms with E-state index in [1.54, 1.807) is 0 Å². The van der Waals surface area contributed by atoms with Crippen LogP contribution in [0.3, 0.4) is 0 Å². The predicted molar refractivity (Wildman–Crippen MR) is 97.6 cm³/mol. The molecule has 0 bridgehead atoms. The first-order chi connectivity index (χ1) is 9.75. The normalized spacial score (nSPS) is 20.9. The number of hydrogen-bond donors (Lipinski definition) is 1. The SMILES string of the molecule is CC1(C)OB(c2cc(N)c3cnn(PI)c3c2)OC1(C)C. The maximum absolute atomic E-state index is 6.16. The van der Waals surface area contributed by atoms with Crippen molar-refractivity contribution < 1.29 is 9.31 Å². The second-order valence-corrected chi connectivity index (χ2v) is 8.31. The van der Waals surface area contributed by atoms with Gasteiger partial charge in [-0.25, -0.2) is 4.45 Å². The zero-order valence-electron chi connectivity index (χ0n) is 12.5. The van der Waals surface area contributed by atoms with E-state index in [0.29, 0.717) is 12.1 Å². The molecule has 1 atom stereocenters. The molecular weight excluding hydrogens is 399 g/mol. The van der Waals surface area contributed by atoms with Gasteiger partial charge in [0.15, 0.2) is 0 Å². The first kappa shape index (κ1) is 15.5. The molecule has 2 aromatic rings. The van der Waals surface area contributed by atoms with Crippen LogP contribution >= 0.6 is 28.4 Å². The van der Waals surface area contributed by atoms with E-state index in [9.17, 15) is 0 Å². The molecule has 3 rings (SSSR count). The molecule has 1 fully saturated rings. The molecule has 0 aliphatic carbocycles. The second kappa shape index (κ2) is 5.08. The quantitative estimate of drug-likeness (QED) is 0.354. The molecule has 0 spiro atoms. The molecule has 8 heteroatoms. The van der Waals surface area contributed by atoms with Crippen molar-refractivity contribution in [3.63, 3.8) is 0 Å². The van der Waals surface area contributed by atoms with Crippen LogP contribution < -0.4 is 11.2 Å². The molecule has 2 heterocycles. The third-order valence-corrected chi connectivity index (χ3v) is 6.24. The molecule has 1 aliphatic rings. The van der Waals surface area contributed by atoms with Crippen LogP contribution in [0.15, 0.2) is 18.3 Å². The van der Waals surface area contributed by atoms with Crippen molar-refractivity contribution >= 4 is 57.6 Å². The zero-order chi connectivity index (χ0) is 15.4. The summed E-state index contributed by atoms with van der Waals surface area (Å²) in [6, 6.07) is 3.99. The summed E-state index contributed by atoms with van der Waals surface area (Å²) < 4.78 is 14.1. The highest BCUT2D eigenvalue weighted by Gasteiger charge is 2.51. The summed E-state index contributed by atoms with van der Waals surface area (Å²) in [7, 11) is -0.400. The van der Waals surface area contributed by atoms with Crippen molar-refractivity contribution in [3.8, 4) is 0 Å². The van der Waals surface area contributed by atoms with E-state index in [-0.39, 0.29) is 11.2 Å². The van der Waals surface area contributed by atoms with Crippen molar-refractivity contribution in [1.29, 1.82) is 0 Å². The lowest BCUT2D eigenvalue weighted by Gasteiger charge is -2.32. The molecule has 0 radical (unpaired) electrons. The smallest absolute Gasteiger partial charge is 0.399 e. The Bertz CT molecular complexity index is 688. The third-order valence-electron chi connectivity index (χ3n) is 4.35. The first-order valence-electron chi connectivity index (χ1n) is 6.74. The minimum absolute atomic E-state index is 0.355. The third kappa shape index (κ3) is 2.48. The molecule has 0 amide bonds. The van der Waals surface area contributed by atoms with Crippen LogP contribution in [0.1, 0.15) is 27.7 Å². The van der Waals surface area contributed by atoms with Crippen LogP contribution in [0.5, 0.6) is 0 Å². The molecule has 0 saturated carbocycles. The number of fused-ring (bicyclic) bond motifs is 1. The van der Waals surface area contributed by atoms with Crippen LogP contribution in [-0.2, 0) is 9.31 Å². The lowest BCUT2D eigenvalue weighted by Crippen LogP contribution is -2.41. The monoisotopic (exact) mass is 417 g/mol. The molecular formula is C13H18BIN3O2P. The van der Waals surface area contributed by atoms with E-state index >= 15 is 0 Å². The van der Waals surface area contributed by atoms with E-state index in [4.69, 9.17) is 15.0 Å². The maximum Gasteiger partial charge on any atom is 0.494 e. The molecule has 112 valence electrons. The molecule has 2 N–H and O–H groups in total. The van der Waals surface area contributed by atoms with Crippen LogP contribution in [0.25, 0.3) is 10.9 Å². The minimum Gasteiger partial charge on any atom is -0.399 e. The molecule has 5 nitrogen and oxygen atoms in total. The fourth-order valence-electron chi connectivity index (χ4n) is 2.36. The van der Waals surface area contributed by atoms with Gasteiger partial charge in [-0.2, -0.15) is 5.10 Å². The Balaban J connectivity index is 2.06. The van der Waals surface area contributed by atoms with Gasteiger partial charge in [-0.1, -0.05) is 0 Å². The van der Waals surface area contributed by atoms with Crippen LogP contribution in [0, 0.1) is 0 Å². The predicted octanol–water partition coefficient (Wildman–Crippen LogP) is 2.71. The fourth-order valence-corrected chi connectivity index (χ4v) is 3.89. The number of nitrogen functional groups attached to an aromatic ring is 1. The lowest BCUT2D eigenvalue weighted by atomic mass is 9.78. The van der Waals surface area contributed by atoms with Gasteiger partial charge in [-0.3, -0.25) is 0 Å². The van der Waals surface area contributed by atoms with Crippen molar-refractivity contribution in [2.24, 2.45) is 0 Å². The number of nitrogens with zero attached hydrogens (tertiary/aromatic N) is 2. The van der Waals surface area contributed by atoms with Gasteiger partial charge in [0.2, 0.25) is 0 Å². The highest BCUT2D eigenvalue weighted by atomic mass is 127. The van der Waals surface area contributed by atoms with Gasteiger partial charge in [0.25, 0.3) is 0 Å². The lowest BCUT2D eigenvalue weighted by molar-refractivity contribution is 0.00578. The van der Waals surface area contributed by atoms with Crippen molar-refractivity contribution in [3.05, 3.63) is 18.3 Å². The number of halogens is 1. The molecule has 1 unspecified atom stereocenters.